The molecule has 5 heteroatoms. The zero-order chi connectivity index (χ0) is 12.8. The Balaban J connectivity index is 2.42. The molecule has 0 saturated carbocycles. The standard InChI is InChI=1S/C12H19N3O2/c1-8(2)17-11(16)9(3)7-14-12-13-6-5-10(4)15-12/h5-6,8-9H,7H2,1-4H3,(H,13,14,15). The summed E-state index contributed by atoms with van der Waals surface area (Å²) in [6.45, 7) is 7.84. The van der Waals surface area contributed by atoms with E-state index in [2.05, 4.69) is 15.3 Å². The van der Waals surface area contributed by atoms with Gasteiger partial charge in [0.2, 0.25) is 5.95 Å². The van der Waals surface area contributed by atoms with E-state index in [0.29, 0.717) is 12.5 Å². The molecule has 0 aliphatic rings. The SMILES string of the molecule is Cc1ccnc(NCC(C)C(=O)OC(C)C)n1. The van der Waals surface area contributed by atoms with Crippen LogP contribution in [0, 0.1) is 12.8 Å². The number of aromatic nitrogens is 2. The average Bonchev–Trinajstić information content (AvgIpc) is 2.25. The van der Waals surface area contributed by atoms with Crippen LogP contribution in [0.2, 0.25) is 0 Å². The lowest BCUT2D eigenvalue weighted by Gasteiger charge is -2.14. The summed E-state index contributed by atoms with van der Waals surface area (Å²) in [5, 5.41) is 3.02. The molecule has 0 aliphatic heterocycles. The summed E-state index contributed by atoms with van der Waals surface area (Å²) in [4.78, 5) is 19.8. The minimum absolute atomic E-state index is 0.0832. The Labute approximate surface area is 102 Å². The monoisotopic (exact) mass is 237 g/mol. The molecule has 1 aromatic rings. The van der Waals surface area contributed by atoms with Gasteiger partial charge in [0, 0.05) is 18.4 Å². The highest BCUT2D eigenvalue weighted by Gasteiger charge is 2.15. The molecule has 1 N–H and O–H groups in total. The molecule has 0 bridgehead atoms. The van der Waals surface area contributed by atoms with Gasteiger partial charge in [-0.2, -0.15) is 0 Å². The van der Waals surface area contributed by atoms with Crippen molar-refractivity contribution in [2.75, 3.05) is 11.9 Å². The highest BCUT2D eigenvalue weighted by Crippen LogP contribution is 2.04. The number of anilines is 1. The molecular weight excluding hydrogens is 218 g/mol. The van der Waals surface area contributed by atoms with Gasteiger partial charge in [-0.05, 0) is 26.8 Å². The summed E-state index contributed by atoms with van der Waals surface area (Å²) in [7, 11) is 0. The van der Waals surface area contributed by atoms with E-state index in [1.807, 2.05) is 33.8 Å². The number of aryl methyl sites for hydroxylation is 1. The van der Waals surface area contributed by atoms with E-state index in [9.17, 15) is 4.79 Å². The largest absolute Gasteiger partial charge is 0.463 e. The number of nitrogens with one attached hydrogen (secondary N) is 1. The molecule has 0 radical (unpaired) electrons. The number of nitrogens with zero attached hydrogens (tertiary/aromatic N) is 2. The summed E-state index contributed by atoms with van der Waals surface area (Å²) in [6.07, 6.45) is 1.60. The first-order chi connectivity index (χ1) is 7.99. The van der Waals surface area contributed by atoms with Crippen LogP contribution < -0.4 is 5.32 Å². The van der Waals surface area contributed by atoms with Gasteiger partial charge in [-0.15, -0.1) is 0 Å². The Kier molecular flexibility index (Phi) is 4.87. The highest BCUT2D eigenvalue weighted by atomic mass is 16.5. The number of hydrogen-bond donors (Lipinski definition) is 1. The van der Waals surface area contributed by atoms with Crippen LogP contribution in [-0.2, 0) is 9.53 Å². The first-order valence-corrected chi connectivity index (χ1v) is 5.73. The molecule has 94 valence electrons. The summed E-state index contributed by atoms with van der Waals surface area (Å²) >= 11 is 0. The third kappa shape index (κ3) is 4.80. The van der Waals surface area contributed by atoms with E-state index in [4.69, 9.17) is 4.74 Å². The van der Waals surface area contributed by atoms with Crippen LogP contribution in [0.1, 0.15) is 26.5 Å². The van der Waals surface area contributed by atoms with Crippen molar-refractivity contribution in [3.63, 3.8) is 0 Å². The second-order valence-corrected chi connectivity index (χ2v) is 4.29. The third-order valence-electron chi connectivity index (χ3n) is 2.12. The molecule has 0 spiro atoms. The number of ether oxygens (including phenoxy) is 1. The van der Waals surface area contributed by atoms with Crippen LogP contribution in [0.4, 0.5) is 5.95 Å². The molecule has 1 aromatic heterocycles. The normalized spacial score (nSPS) is 12.3. The fraction of sp³-hybridized carbons (Fsp3) is 0.583. The first-order valence-electron chi connectivity index (χ1n) is 5.73. The highest BCUT2D eigenvalue weighted by molar-refractivity contribution is 5.72. The Hall–Kier alpha value is -1.65. The fourth-order valence-electron chi connectivity index (χ4n) is 1.21. The summed E-state index contributed by atoms with van der Waals surface area (Å²) < 4.78 is 5.10. The molecule has 0 fully saturated rings. The molecule has 1 heterocycles. The van der Waals surface area contributed by atoms with E-state index < -0.39 is 0 Å². The Morgan fingerprint density at radius 1 is 1.47 bits per heavy atom. The molecule has 0 aliphatic carbocycles. The summed E-state index contributed by atoms with van der Waals surface area (Å²) in [6, 6.07) is 1.82. The Morgan fingerprint density at radius 2 is 2.18 bits per heavy atom. The van der Waals surface area contributed by atoms with Crippen molar-refractivity contribution >= 4 is 11.9 Å². The number of esters is 1. The number of carbonyl (C=O) groups excluding carboxylic acids is 1. The van der Waals surface area contributed by atoms with Crippen molar-refractivity contribution in [3.05, 3.63) is 18.0 Å². The van der Waals surface area contributed by atoms with Crippen molar-refractivity contribution < 1.29 is 9.53 Å². The number of carbonyl (C=O) groups is 1. The molecule has 0 saturated heterocycles. The van der Waals surface area contributed by atoms with E-state index in [1.54, 1.807) is 6.20 Å². The molecule has 17 heavy (non-hydrogen) atoms. The Morgan fingerprint density at radius 3 is 2.76 bits per heavy atom. The van der Waals surface area contributed by atoms with E-state index in [0.717, 1.165) is 5.69 Å². The molecule has 0 amide bonds. The van der Waals surface area contributed by atoms with Crippen LogP contribution in [0.15, 0.2) is 12.3 Å². The predicted octanol–water partition coefficient (Wildman–Crippen LogP) is 1.78. The van der Waals surface area contributed by atoms with Crippen molar-refractivity contribution in [2.24, 2.45) is 5.92 Å². The van der Waals surface area contributed by atoms with Crippen LogP contribution in [0.5, 0.6) is 0 Å². The molecule has 1 atom stereocenters. The molecule has 5 nitrogen and oxygen atoms in total. The first kappa shape index (κ1) is 13.4. The zero-order valence-electron chi connectivity index (χ0n) is 10.7. The summed E-state index contributed by atoms with van der Waals surface area (Å²) in [5.74, 6) is 0.107. The van der Waals surface area contributed by atoms with Crippen molar-refractivity contribution in [2.45, 2.75) is 33.8 Å². The number of rotatable bonds is 5. The van der Waals surface area contributed by atoms with Gasteiger partial charge in [-0.25, -0.2) is 9.97 Å². The average molecular weight is 237 g/mol. The van der Waals surface area contributed by atoms with Gasteiger partial charge in [-0.3, -0.25) is 4.79 Å². The fourth-order valence-corrected chi connectivity index (χ4v) is 1.21. The van der Waals surface area contributed by atoms with Crippen LogP contribution in [0.3, 0.4) is 0 Å². The maximum Gasteiger partial charge on any atom is 0.310 e. The van der Waals surface area contributed by atoms with Gasteiger partial charge < -0.3 is 10.1 Å². The second-order valence-electron chi connectivity index (χ2n) is 4.29. The topological polar surface area (TPSA) is 64.1 Å². The molecule has 1 rings (SSSR count). The van der Waals surface area contributed by atoms with Crippen LogP contribution >= 0.6 is 0 Å². The smallest absolute Gasteiger partial charge is 0.310 e. The maximum atomic E-state index is 11.5. The van der Waals surface area contributed by atoms with Gasteiger partial charge in [0.05, 0.1) is 12.0 Å². The lowest BCUT2D eigenvalue weighted by atomic mass is 10.2. The lowest BCUT2D eigenvalue weighted by Crippen LogP contribution is -2.25. The quantitative estimate of drug-likeness (QED) is 0.791. The molecule has 1 unspecified atom stereocenters. The van der Waals surface area contributed by atoms with Gasteiger partial charge in [0.1, 0.15) is 0 Å². The predicted molar refractivity (Wildman–Crippen MR) is 65.7 cm³/mol. The van der Waals surface area contributed by atoms with Crippen molar-refractivity contribution in [1.29, 1.82) is 0 Å². The second kappa shape index (κ2) is 6.18. The van der Waals surface area contributed by atoms with E-state index in [1.165, 1.54) is 0 Å². The van der Waals surface area contributed by atoms with Gasteiger partial charge in [0.25, 0.3) is 0 Å². The molecular formula is C12H19N3O2. The molecule has 0 aromatic carbocycles. The minimum atomic E-state index is -0.221. The minimum Gasteiger partial charge on any atom is -0.463 e. The summed E-state index contributed by atoms with van der Waals surface area (Å²) in [5.41, 5.74) is 0.889. The van der Waals surface area contributed by atoms with Crippen LogP contribution in [0.25, 0.3) is 0 Å². The van der Waals surface area contributed by atoms with E-state index >= 15 is 0 Å². The van der Waals surface area contributed by atoms with Gasteiger partial charge >= 0.3 is 5.97 Å². The van der Waals surface area contributed by atoms with Crippen LogP contribution in [-0.4, -0.2) is 28.6 Å². The third-order valence-corrected chi connectivity index (χ3v) is 2.12. The van der Waals surface area contributed by atoms with Gasteiger partial charge in [-0.1, -0.05) is 6.92 Å². The van der Waals surface area contributed by atoms with E-state index in [-0.39, 0.29) is 18.0 Å². The maximum absolute atomic E-state index is 11.5. The Bertz CT molecular complexity index is 380. The number of hydrogen-bond acceptors (Lipinski definition) is 5. The van der Waals surface area contributed by atoms with Gasteiger partial charge in [0.15, 0.2) is 0 Å². The lowest BCUT2D eigenvalue weighted by molar-refractivity contribution is -0.151. The van der Waals surface area contributed by atoms with Crippen molar-refractivity contribution in [3.8, 4) is 0 Å². The zero-order valence-corrected chi connectivity index (χ0v) is 10.7. The van der Waals surface area contributed by atoms with Crippen molar-refractivity contribution in [1.82, 2.24) is 9.97 Å².